The smallest absolute Gasteiger partial charge is 0.244 e. The molecule has 0 spiro atoms. The van der Waals surface area contributed by atoms with Crippen molar-refractivity contribution in [3.05, 3.63) is 65.3 Å². The molecule has 2 aromatic carbocycles. The number of halogens is 1. The van der Waals surface area contributed by atoms with E-state index in [9.17, 15) is 4.79 Å². The average Bonchev–Trinajstić information content (AvgIpc) is 2.63. The molecule has 27 heavy (non-hydrogen) atoms. The zero-order valence-corrected chi connectivity index (χ0v) is 15.5. The molecule has 0 aliphatic heterocycles. The number of nitrogens with one attached hydrogen (secondary N) is 3. The summed E-state index contributed by atoms with van der Waals surface area (Å²) < 4.78 is 0. The van der Waals surface area contributed by atoms with Crippen molar-refractivity contribution in [2.24, 2.45) is 0 Å². The highest BCUT2D eigenvalue weighted by Crippen LogP contribution is 2.19. The maximum Gasteiger partial charge on any atom is 0.244 e. The lowest BCUT2D eigenvalue weighted by Gasteiger charge is -2.09. The molecule has 0 radical (unpaired) electrons. The lowest BCUT2D eigenvalue weighted by Crippen LogP contribution is -2.10. The minimum Gasteiger partial charge on any atom is -0.353 e. The summed E-state index contributed by atoms with van der Waals surface area (Å²) in [6.07, 6.45) is 2.35. The van der Waals surface area contributed by atoms with Crippen molar-refractivity contribution in [1.29, 1.82) is 0 Å². The molecule has 3 aromatic rings. The Morgan fingerprint density at radius 3 is 2.67 bits per heavy atom. The highest BCUT2D eigenvalue weighted by Gasteiger charge is 2.03. The fourth-order valence-electron chi connectivity index (χ4n) is 2.43. The van der Waals surface area contributed by atoms with Crippen LogP contribution in [0.1, 0.15) is 12.5 Å². The van der Waals surface area contributed by atoms with E-state index in [2.05, 4.69) is 31.1 Å². The Bertz CT molecular complexity index is 916. The summed E-state index contributed by atoms with van der Waals surface area (Å²) in [4.78, 5) is 15.6. The van der Waals surface area contributed by atoms with Crippen molar-refractivity contribution >= 4 is 40.6 Å². The number of aromatic nitrogens is 3. The van der Waals surface area contributed by atoms with Crippen LogP contribution in [0.2, 0.25) is 5.02 Å². The van der Waals surface area contributed by atoms with E-state index in [-0.39, 0.29) is 5.91 Å². The number of rotatable bonds is 7. The summed E-state index contributed by atoms with van der Waals surface area (Å²) >= 11 is 5.89. The van der Waals surface area contributed by atoms with Crippen LogP contribution < -0.4 is 16.0 Å². The standard InChI is InChI=1S/C19H19ClN6O/c1-13(27)23-16-3-2-4-17(11-16)24-18-12-22-26-19(25-18)21-10-9-14-5-7-15(20)8-6-14/h2-8,11-12H,9-10H2,1H3,(H,23,27)(H2,21,24,25,26). The van der Waals surface area contributed by atoms with Gasteiger partial charge in [0.15, 0.2) is 5.82 Å². The molecule has 0 aliphatic carbocycles. The Morgan fingerprint density at radius 2 is 1.89 bits per heavy atom. The number of carbonyl (C=O) groups is 1. The van der Waals surface area contributed by atoms with E-state index in [1.54, 1.807) is 0 Å². The summed E-state index contributed by atoms with van der Waals surface area (Å²) in [5.41, 5.74) is 2.66. The minimum atomic E-state index is -0.122. The van der Waals surface area contributed by atoms with Crippen molar-refractivity contribution in [2.45, 2.75) is 13.3 Å². The average molecular weight is 383 g/mol. The minimum absolute atomic E-state index is 0.122. The molecule has 1 aromatic heterocycles. The van der Waals surface area contributed by atoms with Crippen LogP contribution in [0.15, 0.2) is 54.7 Å². The zero-order chi connectivity index (χ0) is 19.1. The van der Waals surface area contributed by atoms with Crippen LogP contribution in [0.4, 0.5) is 23.1 Å². The summed E-state index contributed by atoms with van der Waals surface area (Å²) in [5, 5.41) is 17.7. The Morgan fingerprint density at radius 1 is 1.11 bits per heavy atom. The van der Waals surface area contributed by atoms with Crippen molar-refractivity contribution in [3.8, 4) is 0 Å². The van der Waals surface area contributed by atoms with E-state index in [4.69, 9.17) is 11.6 Å². The Kier molecular flexibility index (Phi) is 6.17. The summed E-state index contributed by atoms with van der Waals surface area (Å²) in [7, 11) is 0. The van der Waals surface area contributed by atoms with E-state index < -0.39 is 0 Å². The molecule has 0 saturated heterocycles. The SMILES string of the molecule is CC(=O)Nc1cccc(Nc2cnnc(NCCc3ccc(Cl)cc3)n2)c1. The molecular formula is C19H19ClN6O. The first-order chi connectivity index (χ1) is 13.1. The van der Waals surface area contributed by atoms with Crippen LogP contribution in [0.25, 0.3) is 0 Å². The van der Waals surface area contributed by atoms with Gasteiger partial charge < -0.3 is 16.0 Å². The first-order valence-corrected chi connectivity index (χ1v) is 8.79. The second-order valence-electron chi connectivity index (χ2n) is 5.86. The van der Waals surface area contributed by atoms with Crippen LogP contribution >= 0.6 is 11.6 Å². The van der Waals surface area contributed by atoms with Crippen molar-refractivity contribution < 1.29 is 4.79 Å². The molecule has 0 atom stereocenters. The summed E-state index contributed by atoms with van der Waals surface area (Å²) in [6.45, 7) is 2.14. The molecule has 0 unspecified atom stereocenters. The van der Waals surface area contributed by atoms with Gasteiger partial charge in [-0.1, -0.05) is 29.8 Å². The molecule has 1 amide bonds. The molecule has 3 rings (SSSR count). The van der Waals surface area contributed by atoms with Gasteiger partial charge in [-0.05, 0) is 42.3 Å². The van der Waals surface area contributed by atoms with Gasteiger partial charge in [-0.25, -0.2) is 0 Å². The van der Waals surface area contributed by atoms with E-state index in [0.29, 0.717) is 24.0 Å². The number of amides is 1. The van der Waals surface area contributed by atoms with Crippen molar-refractivity contribution in [3.63, 3.8) is 0 Å². The summed E-state index contributed by atoms with van der Waals surface area (Å²) in [5.74, 6) is 0.869. The van der Waals surface area contributed by atoms with Gasteiger partial charge in [0.05, 0.1) is 6.20 Å². The number of nitrogens with zero attached hydrogens (tertiary/aromatic N) is 3. The third kappa shape index (κ3) is 5.93. The number of anilines is 4. The second-order valence-corrected chi connectivity index (χ2v) is 6.29. The fourth-order valence-corrected chi connectivity index (χ4v) is 2.56. The lowest BCUT2D eigenvalue weighted by atomic mass is 10.1. The van der Waals surface area contributed by atoms with Crippen LogP contribution in [-0.2, 0) is 11.2 Å². The Balaban J connectivity index is 1.58. The van der Waals surface area contributed by atoms with E-state index in [1.165, 1.54) is 18.7 Å². The molecule has 0 bridgehead atoms. The van der Waals surface area contributed by atoms with E-state index in [0.717, 1.165) is 17.1 Å². The van der Waals surface area contributed by atoms with Gasteiger partial charge in [0.2, 0.25) is 11.9 Å². The summed E-state index contributed by atoms with van der Waals surface area (Å²) in [6, 6.07) is 15.1. The van der Waals surface area contributed by atoms with Crippen LogP contribution in [0.5, 0.6) is 0 Å². The van der Waals surface area contributed by atoms with Gasteiger partial charge in [0.1, 0.15) is 0 Å². The number of benzene rings is 2. The quantitative estimate of drug-likeness (QED) is 0.574. The molecule has 3 N–H and O–H groups in total. The number of carbonyl (C=O) groups excluding carboxylic acids is 1. The van der Waals surface area contributed by atoms with Crippen molar-refractivity contribution in [1.82, 2.24) is 15.2 Å². The fraction of sp³-hybridized carbons (Fsp3) is 0.158. The van der Waals surface area contributed by atoms with Gasteiger partial charge in [0.25, 0.3) is 0 Å². The third-order valence-electron chi connectivity index (χ3n) is 3.62. The predicted molar refractivity (Wildman–Crippen MR) is 108 cm³/mol. The van der Waals surface area contributed by atoms with Gasteiger partial charge in [-0.15, -0.1) is 5.10 Å². The topological polar surface area (TPSA) is 91.8 Å². The van der Waals surface area contributed by atoms with Crippen molar-refractivity contribution in [2.75, 3.05) is 22.5 Å². The highest BCUT2D eigenvalue weighted by molar-refractivity contribution is 6.30. The van der Waals surface area contributed by atoms with Gasteiger partial charge >= 0.3 is 0 Å². The highest BCUT2D eigenvalue weighted by atomic mass is 35.5. The third-order valence-corrected chi connectivity index (χ3v) is 3.88. The Labute approximate surface area is 162 Å². The molecule has 0 fully saturated rings. The molecule has 8 heteroatoms. The van der Waals surface area contributed by atoms with E-state index >= 15 is 0 Å². The van der Waals surface area contributed by atoms with Crippen LogP contribution in [0, 0.1) is 0 Å². The second kappa shape index (κ2) is 8.95. The van der Waals surface area contributed by atoms with Crippen LogP contribution in [0.3, 0.4) is 0 Å². The van der Waals surface area contributed by atoms with Gasteiger partial charge in [0, 0.05) is 29.9 Å². The first kappa shape index (κ1) is 18.6. The number of hydrogen-bond donors (Lipinski definition) is 3. The molecule has 7 nitrogen and oxygen atoms in total. The first-order valence-electron chi connectivity index (χ1n) is 8.41. The Hall–Kier alpha value is -3.19. The molecule has 1 heterocycles. The monoisotopic (exact) mass is 382 g/mol. The van der Waals surface area contributed by atoms with Crippen LogP contribution in [-0.4, -0.2) is 27.6 Å². The maximum absolute atomic E-state index is 11.2. The number of hydrogen-bond acceptors (Lipinski definition) is 6. The van der Waals surface area contributed by atoms with Gasteiger partial charge in [-0.2, -0.15) is 10.1 Å². The van der Waals surface area contributed by atoms with Gasteiger partial charge in [-0.3, -0.25) is 4.79 Å². The largest absolute Gasteiger partial charge is 0.353 e. The normalized spacial score (nSPS) is 10.3. The molecule has 0 saturated carbocycles. The lowest BCUT2D eigenvalue weighted by molar-refractivity contribution is -0.114. The van der Waals surface area contributed by atoms with E-state index in [1.807, 2.05) is 48.5 Å². The maximum atomic E-state index is 11.2. The molecule has 0 aliphatic rings. The molecule has 138 valence electrons. The predicted octanol–water partition coefficient (Wildman–Crippen LogP) is 3.88. The zero-order valence-electron chi connectivity index (χ0n) is 14.7. The molecular weight excluding hydrogens is 364 g/mol.